The molecule has 11 heteroatoms. The molecule has 0 spiro atoms. The fourth-order valence-electron chi connectivity index (χ4n) is 6.66. The maximum Gasteiger partial charge on any atom is 0.254 e. The Morgan fingerprint density at radius 2 is 1.64 bits per heavy atom. The van der Waals surface area contributed by atoms with Crippen molar-refractivity contribution in [2.75, 3.05) is 59.7 Å². The first-order chi connectivity index (χ1) is 21.4. The van der Waals surface area contributed by atoms with Gasteiger partial charge in [-0.3, -0.25) is 19.6 Å². The number of fused-ring (bicyclic) bond motifs is 2. The number of piperidine rings is 1. The van der Waals surface area contributed by atoms with Gasteiger partial charge in [-0.1, -0.05) is 36.4 Å². The second kappa shape index (κ2) is 11.8. The third-order valence-corrected chi connectivity index (χ3v) is 10.9. The van der Waals surface area contributed by atoms with Crippen LogP contribution in [0, 0.1) is 0 Å². The van der Waals surface area contributed by atoms with Crippen molar-refractivity contribution in [1.82, 2.24) is 25.1 Å². The van der Waals surface area contributed by atoms with Gasteiger partial charge in [0.1, 0.15) is 0 Å². The Hall–Kier alpha value is -4.06. The fourth-order valence-corrected chi connectivity index (χ4v) is 8.06. The molecule has 1 N–H and O–H groups in total. The monoisotopic (exact) mass is 615 g/mol. The Morgan fingerprint density at radius 1 is 0.886 bits per heavy atom. The number of likely N-dealkylation sites (tertiary alicyclic amines) is 1. The third kappa shape index (κ3) is 5.51. The summed E-state index contributed by atoms with van der Waals surface area (Å²) in [5, 5.41) is 3.86. The van der Waals surface area contributed by atoms with Crippen LogP contribution in [0.15, 0.2) is 88.4 Å². The molecule has 0 unspecified atom stereocenters. The Bertz CT molecular complexity index is 1730. The molecule has 0 bridgehead atoms. The summed E-state index contributed by atoms with van der Waals surface area (Å²) < 4.78 is 37.4. The quantitative estimate of drug-likeness (QED) is 0.448. The van der Waals surface area contributed by atoms with Gasteiger partial charge in [-0.2, -0.15) is 0 Å². The van der Waals surface area contributed by atoms with E-state index < -0.39 is 9.84 Å². The average molecular weight is 616 g/mol. The van der Waals surface area contributed by atoms with Gasteiger partial charge in [-0.25, -0.2) is 8.42 Å². The first kappa shape index (κ1) is 28.7. The molecule has 2 fully saturated rings. The van der Waals surface area contributed by atoms with Crippen molar-refractivity contribution in [1.29, 1.82) is 0 Å². The molecule has 0 saturated carbocycles. The molecule has 44 heavy (non-hydrogen) atoms. The predicted octanol–water partition coefficient (Wildman–Crippen LogP) is 3.44. The van der Waals surface area contributed by atoms with Crippen LogP contribution < -0.4 is 14.9 Å². The van der Waals surface area contributed by atoms with E-state index in [0.29, 0.717) is 24.1 Å². The van der Waals surface area contributed by atoms with Crippen LogP contribution in [0.2, 0.25) is 0 Å². The number of benzene rings is 3. The Morgan fingerprint density at radius 3 is 2.43 bits per heavy atom. The van der Waals surface area contributed by atoms with E-state index >= 15 is 0 Å². The van der Waals surface area contributed by atoms with Crippen molar-refractivity contribution in [3.8, 4) is 11.5 Å². The summed E-state index contributed by atoms with van der Waals surface area (Å²) in [4.78, 5) is 20.5. The van der Waals surface area contributed by atoms with Crippen LogP contribution in [0.25, 0.3) is 10.8 Å². The molecule has 10 nitrogen and oxygen atoms in total. The summed E-state index contributed by atoms with van der Waals surface area (Å²) in [5.41, 5.74) is 5.00. The topological polar surface area (TPSA) is 94.7 Å². The number of hydrogen-bond acceptors (Lipinski definition) is 9. The molecule has 2 saturated heterocycles. The summed E-state index contributed by atoms with van der Waals surface area (Å²) in [5.74, 6) is 1.12. The summed E-state index contributed by atoms with van der Waals surface area (Å²) in [7, 11) is -2.02. The molecule has 230 valence electrons. The van der Waals surface area contributed by atoms with Crippen molar-refractivity contribution < 1.29 is 22.7 Å². The number of allylic oxidation sites excluding steroid dienone is 2. The van der Waals surface area contributed by atoms with Crippen molar-refractivity contribution in [3.05, 3.63) is 89.1 Å². The van der Waals surface area contributed by atoms with Crippen LogP contribution in [-0.2, 0) is 9.84 Å². The summed E-state index contributed by atoms with van der Waals surface area (Å²) >= 11 is 0. The Labute approximate surface area is 258 Å². The number of carbonyl (C=O) groups is 1. The third-order valence-electron chi connectivity index (χ3n) is 9.09. The normalized spacial score (nSPS) is 19.9. The van der Waals surface area contributed by atoms with Gasteiger partial charge in [-0.15, -0.1) is 0 Å². The van der Waals surface area contributed by atoms with Crippen molar-refractivity contribution >= 4 is 26.5 Å². The SMILES string of the molecule is CN1NC(CN2CCN(C3CCN(C(=O)c4cccc5ccccc45)CC3)CC2)=CC=C1S(=O)(=O)c1ccc2c(c1)OCO2. The molecule has 0 atom stereocenters. The smallest absolute Gasteiger partial charge is 0.254 e. The summed E-state index contributed by atoms with van der Waals surface area (Å²) in [6.45, 7) is 6.18. The number of sulfone groups is 1. The first-order valence-corrected chi connectivity index (χ1v) is 16.6. The van der Waals surface area contributed by atoms with E-state index in [1.165, 1.54) is 6.07 Å². The molecule has 4 aliphatic heterocycles. The number of nitrogens with one attached hydrogen (secondary N) is 1. The highest BCUT2D eigenvalue weighted by molar-refractivity contribution is 7.95. The molecular weight excluding hydrogens is 578 g/mol. The van der Waals surface area contributed by atoms with E-state index in [4.69, 9.17) is 9.47 Å². The molecule has 0 radical (unpaired) electrons. The first-order valence-electron chi connectivity index (χ1n) is 15.2. The number of rotatable bonds is 6. The van der Waals surface area contributed by atoms with Crippen LogP contribution in [0.4, 0.5) is 0 Å². The van der Waals surface area contributed by atoms with E-state index in [2.05, 4.69) is 27.4 Å². The van der Waals surface area contributed by atoms with Crippen LogP contribution in [0.5, 0.6) is 11.5 Å². The molecule has 0 aliphatic carbocycles. The number of amides is 1. The molecular formula is C33H37N5O5S. The minimum Gasteiger partial charge on any atom is -0.454 e. The molecule has 3 aromatic rings. The second-order valence-corrected chi connectivity index (χ2v) is 13.6. The van der Waals surface area contributed by atoms with Crippen LogP contribution in [-0.4, -0.2) is 99.7 Å². The van der Waals surface area contributed by atoms with Crippen LogP contribution >= 0.6 is 0 Å². The van der Waals surface area contributed by atoms with Crippen LogP contribution in [0.3, 0.4) is 0 Å². The average Bonchev–Trinajstić information content (AvgIpc) is 3.53. The van der Waals surface area contributed by atoms with Gasteiger partial charge in [0, 0.05) is 76.2 Å². The lowest BCUT2D eigenvalue weighted by Crippen LogP contribution is -2.54. The Kier molecular flexibility index (Phi) is 7.69. The zero-order valence-corrected chi connectivity index (χ0v) is 25.6. The number of hydrogen-bond donors (Lipinski definition) is 1. The summed E-state index contributed by atoms with van der Waals surface area (Å²) in [6, 6.07) is 19.2. The van der Waals surface area contributed by atoms with Crippen molar-refractivity contribution in [2.45, 2.75) is 23.8 Å². The number of hydrazine groups is 1. The lowest BCUT2D eigenvalue weighted by molar-refractivity contribution is 0.0492. The van der Waals surface area contributed by atoms with Gasteiger partial charge >= 0.3 is 0 Å². The second-order valence-electron chi connectivity index (χ2n) is 11.7. The fraction of sp³-hybridized carbons (Fsp3) is 0.364. The van der Waals surface area contributed by atoms with E-state index in [1.54, 1.807) is 30.3 Å². The molecule has 4 heterocycles. The van der Waals surface area contributed by atoms with E-state index in [-0.39, 0.29) is 22.6 Å². The zero-order chi connectivity index (χ0) is 30.3. The van der Waals surface area contributed by atoms with Gasteiger partial charge in [0.25, 0.3) is 5.91 Å². The van der Waals surface area contributed by atoms with Gasteiger partial charge in [0.05, 0.1) is 4.90 Å². The number of nitrogens with zero attached hydrogens (tertiary/aromatic N) is 4. The number of piperazine rings is 1. The summed E-state index contributed by atoms with van der Waals surface area (Å²) in [6.07, 6.45) is 5.49. The predicted molar refractivity (Wildman–Crippen MR) is 168 cm³/mol. The largest absolute Gasteiger partial charge is 0.454 e. The molecule has 4 aliphatic rings. The molecule has 0 aromatic heterocycles. The van der Waals surface area contributed by atoms with Gasteiger partial charge in [-0.05, 0) is 54.0 Å². The van der Waals surface area contributed by atoms with E-state index in [9.17, 15) is 13.2 Å². The maximum absolute atomic E-state index is 13.4. The van der Waals surface area contributed by atoms with E-state index in [1.807, 2.05) is 41.3 Å². The van der Waals surface area contributed by atoms with Crippen LogP contribution in [0.1, 0.15) is 23.2 Å². The highest BCUT2D eigenvalue weighted by Gasteiger charge is 2.32. The maximum atomic E-state index is 13.4. The van der Waals surface area contributed by atoms with Crippen molar-refractivity contribution in [3.63, 3.8) is 0 Å². The number of ether oxygens (including phenoxy) is 2. The van der Waals surface area contributed by atoms with Gasteiger partial charge in [0.15, 0.2) is 16.5 Å². The highest BCUT2D eigenvalue weighted by atomic mass is 32.2. The molecule has 1 amide bonds. The lowest BCUT2D eigenvalue weighted by Gasteiger charge is -2.43. The highest BCUT2D eigenvalue weighted by Crippen LogP contribution is 2.36. The van der Waals surface area contributed by atoms with Gasteiger partial charge in [0.2, 0.25) is 16.6 Å². The molecule has 3 aromatic carbocycles. The number of carbonyl (C=O) groups excluding carboxylic acids is 1. The van der Waals surface area contributed by atoms with E-state index in [0.717, 1.165) is 74.1 Å². The standard InChI is InChI=1S/C33H37N5O5S/c1-35-32(44(40,41)27-10-11-30-31(21-27)43-23-42-30)12-9-25(34-35)22-36-17-19-37(20-18-36)26-13-15-38(16-14-26)33(39)29-8-4-6-24-5-2-3-7-28(24)29/h2-12,21,26,34H,13-20,22-23H2,1H3. The Balaban J connectivity index is 0.916. The minimum atomic E-state index is -3.74. The van der Waals surface area contributed by atoms with Gasteiger partial charge < -0.3 is 19.8 Å². The van der Waals surface area contributed by atoms with Crippen molar-refractivity contribution in [2.24, 2.45) is 0 Å². The molecule has 7 rings (SSSR count). The minimum absolute atomic E-state index is 0.0934. The zero-order valence-electron chi connectivity index (χ0n) is 24.8. The lowest BCUT2D eigenvalue weighted by atomic mass is 9.99.